The Kier molecular flexibility index (Phi) is 5.64. The van der Waals surface area contributed by atoms with Crippen molar-refractivity contribution >= 4 is 0 Å². The molecule has 0 bridgehead atoms. The van der Waals surface area contributed by atoms with Crippen molar-refractivity contribution in [2.24, 2.45) is 5.41 Å². The maximum atomic E-state index is 9.01. The topological polar surface area (TPSA) is 36.3 Å². The van der Waals surface area contributed by atoms with Gasteiger partial charge in [0.2, 0.25) is 0 Å². The number of hydrogen-bond acceptors (Lipinski definition) is 3. The van der Waals surface area contributed by atoms with Crippen molar-refractivity contribution in [3.8, 4) is 11.8 Å². The van der Waals surface area contributed by atoms with Crippen LogP contribution in [0.15, 0.2) is 24.3 Å². The van der Waals surface area contributed by atoms with E-state index in [0.29, 0.717) is 23.3 Å². The minimum Gasteiger partial charge on any atom is -0.492 e. The van der Waals surface area contributed by atoms with E-state index >= 15 is 0 Å². The summed E-state index contributed by atoms with van der Waals surface area (Å²) in [5.74, 6) is 0.706. The Hall–Kier alpha value is -1.53. The van der Waals surface area contributed by atoms with Crippen LogP contribution in [0.5, 0.6) is 5.75 Å². The van der Waals surface area contributed by atoms with Crippen LogP contribution in [-0.2, 0) is 0 Å². The molecule has 1 heterocycles. The van der Waals surface area contributed by atoms with Gasteiger partial charge in [-0.2, -0.15) is 5.26 Å². The average molecular weight is 286 g/mol. The van der Waals surface area contributed by atoms with Gasteiger partial charge in [-0.1, -0.05) is 32.4 Å². The predicted octanol–water partition coefficient (Wildman–Crippen LogP) is 3.84. The fourth-order valence-corrected chi connectivity index (χ4v) is 2.83. The second kappa shape index (κ2) is 7.47. The number of ether oxygens (including phenoxy) is 1. The van der Waals surface area contributed by atoms with Crippen LogP contribution in [0.4, 0.5) is 0 Å². The summed E-state index contributed by atoms with van der Waals surface area (Å²) < 4.78 is 5.73. The normalized spacial score (nSPS) is 18.1. The van der Waals surface area contributed by atoms with Crippen molar-refractivity contribution in [3.05, 3.63) is 29.8 Å². The zero-order chi connectivity index (χ0) is 15.1. The molecule has 1 aromatic carbocycles. The van der Waals surface area contributed by atoms with Crippen molar-refractivity contribution in [2.45, 2.75) is 39.5 Å². The molecule has 0 aromatic heterocycles. The van der Waals surface area contributed by atoms with Crippen molar-refractivity contribution in [1.29, 1.82) is 5.26 Å². The number of para-hydroxylation sites is 1. The highest BCUT2D eigenvalue weighted by Crippen LogP contribution is 2.33. The summed E-state index contributed by atoms with van der Waals surface area (Å²) in [7, 11) is 0. The molecular weight excluding hydrogens is 260 g/mol. The van der Waals surface area contributed by atoms with Gasteiger partial charge in [0.1, 0.15) is 11.8 Å². The fourth-order valence-electron chi connectivity index (χ4n) is 2.83. The van der Waals surface area contributed by atoms with Crippen LogP contribution >= 0.6 is 0 Å². The van der Waals surface area contributed by atoms with Crippen LogP contribution in [0.2, 0.25) is 0 Å². The number of benzene rings is 1. The molecule has 0 aliphatic carbocycles. The van der Waals surface area contributed by atoms with Crippen LogP contribution in [-0.4, -0.2) is 31.1 Å². The van der Waals surface area contributed by atoms with Gasteiger partial charge in [0.15, 0.2) is 0 Å². The highest BCUT2D eigenvalue weighted by atomic mass is 16.5. The van der Waals surface area contributed by atoms with Gasteiger partial charge in [0.05, 0.1) is 12.2 Å². The molecule has 1 fully saturated rings. The highest BCUT2D eigenvalue weighted by molar-refractivity contribution is 5.42. The number of likely N-dealkylation sites (tertiary alicyclic amines) is 1. The van der Waals surface area contributed by atoms with Crippen molar-refractivity contribution < 1.29 is 4.74 Å². The molecule has 0 amide bonds. The summed E-state index contributed by atoms with van der Waals surface area (Å²) in [5, 5.41) is 9.01. The second-order valence-corrected chi connectivity index (χ2v) is 6.32. The van der Waals surface area contributed by atoms with E-state index in [2.05, 4.69) is 24.8 Å². The third kappa shape index (κ3) is 4.47. The predicted molar refractivity (Wildman–Crippen MR) is 85.3 cm³/mol. The maximum absolute atomic E-state index is 9.01. The average Bonchev–Trinajstić information content (AvgIpc) is 2.54. The van der Waals surface area contributed by atoms with Crippen LogP contribution in [0.25, 0.3) is 0 Å². The molecule has 0 atom stereocenters. The van der Waals surface area contributed by atoms with Crippen LogP contribution in [0.3, 0.4) is 0 Å². The monoisotopic (exact) mass is 286 g/mol. The first-order valence-electron chi connectivity index (χ1n) is 8.01. The summed E-state index contributed by atoms with van der Waals surface area (Å²) in [5.41, 5.74) is 1.17. The lowest BCUT2D eigenvalue weighted by molar-refractivity contribution is 0.109. The molecule has 21 heavy (non-hydrogen) atoms. The summed E-state index contributed by atoms with van der Waals surface area (Å²) in [6.07, 6.45) is 4.92. The standard InChI is InChI=1S/C18H26N2O/c1-3-18(2)9-12-20(13-10-18)11-6-14-21-17-8-5-4-7-16(17)15-19/h4-5,7-8H,3,6,9-14H2,1-2H3. The minimum absolute atomic E-state index is 0.554. The van der Waals surface area contributed by atoms with Gasteiger partial charge in [0, 0.05) is 6.54 Å². The molecule has 3 nitrogen and oxygen atoms in total. The molecule has 3 heteroatoms. The van der Waals surface area contributed by atoms with Gasteiger partial charge in [-0.25, -0.2) is 0 Å². The lowest BCUT2D eigenvalue weighted by Gasteiger charge is -2.38. The summed E-state index contributed by atoms with van der Waals surface area (Å²) in [6, 6.07) is 9.60. The number of nitrogens with zero attached hydrogens (tertiary/aromatic N) is 2. The molecule has 1 aliphatic heterocycles. The third-order valence-corrected chi connectivity index (χ3v) is 4.80. The molecule has 114 valence electrons. The Morgan fingerprint density at radius 3 is 2.67 bits per heavy atom. The van der Waals surface area contributed by atoms with E-state index in [4.69, 9.17) is 10.00 Å². The van der Waals surface area contributed by atoms with Crippen molar-refractivity contribution in [1.82, 2.24) is 4.90 Å². The molecule has 1 aliphatic rings. The van der Waals surface area contributed by atoms with Gasteiger partial charge in [0.25, 0.3) is 0 Å². The van der Waals surface area contributed by atoms with Crippen LogP contribution < -0.4 is 4.74 Å². The molecule has 0 N–H and O–H groups in total. The van der Waals surface area contributed by atoms with E-state index < -0.39 is 0 Å². The first-order chi connectivity index (χ1) is 10.2. The first-order valence-corrected chi connectivity index (χ1v) is 8.01. The van der Waals surface area contributed by atoms with Crippen molar-refractivity contribution in [2.75, 3.05) is 26.2 Å². The molecule has 0 radical (unpaired) electrons. The maximum Gasteiger partial charge on any atom is 0.137 e. The molecule has 0 unspecified atom stereocenters. The smallest absolute Gasteiger partial charge is 0.137 e. The Balaban J connectivity index is 1.68. The fraction of sp³-hybridized carbons (Fsp3) is 0.611. The van der Waals surface area contributed by atoms with E-state index in [1.54, 1.807) is 6.07 Å². The SMILES string of the molecule is CCC1(C)CCN(CCCOc2ccccc2C#N)CC1. The quantitative estimate of drug-likeness (QED) is 0.745. The summed E-state index contributed by atoms with van der Waals surface area (Å²) >= 11 is 0. The Labute approximate surface area is 128 Å². The Bertz CT molecular complexity index is 484. The third-order valence-electron chi connectivity index (χ3n) is 4.80. The number of hydrogen-bond donors (Lipinski definition) is 0. The number of rotatable bonds is 6. The van der Waals surface area contributed by atoms with Gasteiger partial charge < -0.3 is 9.64 Å². The van der Waals surface area contributed by atoms with Crippen LogP contribution in [0, 0.1) is 16.7 Å². The van der Waals surface area contributed by atoms with Gasteiger partial charge >= 0.3 is 0 Å². The number of nitriles is 1. The lowest BCUT2D eigenvalue weighted by atomic mass is 9.78. The largest absolute Gasteiger partial charge is 0.492 e. The lowest BCUT2D eigenvalue weighted by Crippen LogP contribution is -2.39. The molecule has 1 aromatic rings. The van der Waals surface area contributed by atoms with Crippen molar-refractivity contribution in [3.63, 3.8) is 0 Å². The molecule has 0 spiro atoms. The van der Waals surface area contributed by atoms with Crippen LogP contribution in [0.1, 0.15) is 45.1 Å². The van der Waals surface area contributed by atoms with E-state index in [9.17, 15) is 0 Å². The highest BCUT2D eigenvalue weighted by Gasteiger charge is 2.27. The Morgan fingerprint density at radius 1 is 1.29 bits per heavy atom. The Morgan fingerprint density at radius 2 is 2.00 bits per heavy atom. The van der Waals surface area contributed by atoms with E-state index in [-0.39, 0.29) is 0 Å². The summed E-state index contributed by atoms with van der Waals surface area (Å²) in [4.78, 5) is 2.54. The van der Waals surface area contributed by atoms with E-state index in [1.807, 2.05) is 18.2 Å². The molecular formula is C18H26N2O. The zero-order valence-corrected chi connectivity index (χ0v) is 13.3. The van der Waals surface area contributed by atoms with Gasteiger partial charge in [-0.05, 0) is 49.9 Å². The second-order valence-electron chi connectivity index (χ2n) is 6.32. The van der Waals surface area contributed by atoms with E-state index in [0.717, 1.165) is 13.0 Å². The molecule has 1 saturated heterocycles. The minimum atomic E-state index is 0.554. The van der Waals surface area contributed by atoms with Gasteiger partial charge in [-0.15, -0.1) is 0 Å². The molecule has 0 saturated carbocycles. The van der Waals surface area contributed by atoms with E-state index in [1.165, 1.54) is 32.4 Å². The summed E-state index contributed by atoms with van der Waals surface area (Å²) in [6.45, 7) is 8.90. The molecule has 2 rings (SSSR count). The first kappa shape index (κ1) is 15.9. The number of piperidine rings is 1. The van der Waals surface area contributed by atoms with Gasteiger partial charge in [-0.3, -0.25) is 0 Å². The zero-order valence-electron chi connectivity index (χ0n) is 13.3.